The summed E-state index contributed by atoms with van der Waals surface area (Å²) in [6, 6.07) is 160. The Kier molecular flexibility index (Phi) is 22.9. The number of thiophene rings is 3. The summed E-state index contributed by atoms with van der Waals surface area (Å²) in [5.74, 6) is 5.83. The third kappa shape index (κ3) is 17.2. The highest BCUT2D eigenvalue weighted by atomic mass is 32.1. The number of para-hydroxylation sites is 3. The molecule has 19 aromatic carbocycles. The molecular weight excluding hydrogens is 1870 g/mol. The van der Waals surface area contributed by atoms with Crippen LogP contribution in [0.25, 0.3) is 270 Å². The Hall–Kier alpha value is -17.5. The molecule has 0 spiro atoms. The van der Waals surface area contributed by atoms with Gasteiger partial charge in [0.1, 0.15) is 15.0 Å². The lowest BCUT2D eigenvalue weighted by Gasteiger charge is -2.11. The zero-order chi connectivity index (χ0) is 95.3. The minimum atomic E-state index is 0.636. The molecule has 9 aromatic heterocycles. The molecule has 0 bridgehead atoms. The Balaban J connectivity index is 0.000000110. The maximum Gasteiger partial charge on any atom is 0.164 e. The van der Waals surface area contributed by atoms with Crippen molar-refractivity contribution in [3.63, 3.8) is 0 Å². The monoisotopic (exact) mass is 1950 g/mol. The summed E-state index contributed by atoms with van der Waals surface area (Å²) in [6.45, 7) is 0. The molecule has 0 aliphatic rings. The fourth-order valence-corrected chi connectivity index (χ4v) is 24.9. The van der Waals surface area contributed by atoms with Gasteiger partial charge in [-0.2, -0.15) is 0 Å². The predicted octanol–water partition coefficient (Wildman–Crippen LogP) is 35.2. The molecule has 12 nitrogen and oxygen atoms in total. The standard InChI is InChI=1S/C46H28N4S2.2C40H24N4S2/c1-3-11-29(12-4-1)31-21-23-32(24-22-31)43-48-44(34-16-9-15-33(27-34)30-13-5-2-6-14-30)50-45(49-43)36-17-10-20-41-42(36)37-28-35(25-26-39(37)51-41)46-47-38-18-7-8-19-40(38)52-46;1-3-11-25(12-4-1)27-15-9-16-28(23-27)38-42-37(26-13-5-2-6-14-26)43-39(44-38)30-17-10-20-35-36(30)31-24-29(21-22-33(31)45-35)40-41-32-18-7-8-19-34(32)46-40;1-3-10-25(11-4-1)26-18-20-28(21-19-26)38-42-37(27-12-5-2-6-13-27)43-39(44-38)30-14-9-17-35-36(30)31-24-29(22-23-33(31)45-35)40-41-32-15-7-8-16-34(32)46-40/h1-28H;2*1-24H. The number of fused-ring (bicyclic) bond motifs is 12. The van der Waals surface area contributed by atoms with E-state index >= 15 is 0 Å². The Labute approximate surface area is 851 Å². The van der Waals surface area contributed by atoms with Crippen LogP contribution in [0.4, 0.5) is 0 Å². The van der Waals surface area contributed by atoms with Crippen LogP contribution in [0, 0.1) is 0 Å². The Morgan fingerprint density at radius 3 is 0.625 bits per heavy atom. The van der Waals surface area contributed by atoms with Crippen molar-refractivity contribution in [1.82, 2.24) is 59.8 Å². The van der Waals surface area contributed by atoms with Crippen molar-refractivity contribution >= 4 is 159 Å². The van der Waals surface area contributed by atoms with Crippen LogP contribution < -0.4 is 0 Å². The van der Waals surface area contributed by atoms with Crippen molar-refractivity contribution in [3.05, 3.63) is 461 Å². The van der Waals surface area contributed by atoms with Gasteiger partial charge in [0.05, 0.1) is 30.6 Å². The first-order chi connectivity index (χ1) is 71.3. The zero-order valence-electron chi connectivity index (χ0n) is 76.7. The van der Waals surface area contributed by atoms with Crippen LogP contribution in [0.2, 0.25) is 0 Å². The summed E-state index contributed by atoms with van der Waals surface area (Å²) >= 11 is 10.6. The van der Waals surface area contributed by atoms with E-state index in [0.29, 0.717) is 52.4 Å². The molecule has 0 saturated heterocycles. The quantitative estimate of drug-likeness (QED) is 0.0904. The molecule has 0 aliphatic carbocycles. The molecule has 28 aromatic rings. The first-order valence-corrected chi connectivity index (χ1v) is 52.1. The highest BCUT2D eigenvalue weighted by Crippen LogP contribution is 2.48. The second-order valence-corrected chi connectivity index (χ2v) is 41.2. The average molecular weight is 1950 g/mol. The second kappa shape index (κ2) is 37.9. The smallest absolute Gasteiger partial charge is 0.164 e. The summed E-state index contributed by atoms with van der Waals surface area (Å²) < 4.78 is 10.8. The Bertz CT molecular complexity index is 9620. The summed E-state index contributed by atoms with van der Waals surface area (Å²) in [6.07, 6.45) is 0. The van der Waals surface area contributed by atoms with Crippen molar-refractivity contribution in [1.29, 1.82) is 0 Å². The maximum absolute atomic E-state index is 5.22. The third-order valence-electron chi connectivity index (χ3n) is 25.8. The SMILES string of the molecule is c1ccc(-c2ccc(-c3nc(-c4cccc(-c5ccccc5)c4)nc(-c4cccc5sc6ccc(-c7nc8ccccc8s7)cc6c45)n3)cc2)cc1.c1ccc(-c2ccc(-c3nc(-c4ccccc4)nc(-c4cccc5sc6ccc(-c7nc8ccccc8s7)cc6c45)n3)cc2)cc1.c1ccc(-c2cccc(-c3nc(-c4ccccc4)nc(-c4cccc5sc6ccc(-c7nc8ccccc8s7)cc6c45)n3)c2)cc1. The van der Waals surface area contributed by atoms with E-state index in [2.05, 4.69) is 358 Å². The van der Waals surface area contributed by atoms with Crippen molar-refractivity contribution in [2.45, 2.75) is 0 Å². The van der Waals surface area contributed by atoms with Gasteiger partial charge in [-0.1, -0.05) is 358 Å². The van der Waals surface area contributed by atoms with Crippen molar-refractivity contribution < 1.29 is 0 Å². The van der Waals surface area contributed by atoms with E-state index in [1.54, 1.807) is 68.0 Å². The predicted molar refractivity (Wildman–Crippen MR) is 605 cm³/mol. The van der Waals surface area contributed by atoms with Gasteiger partial charge in [0.15, 0.2) is 52.4 Å². The molecule has 0 N–H and O–H groups in total. The summed E-state index contributed by atoms with van der Waals surface area (Å²) in [5, 5.41) is 10.0. The van der Waals surface area contributed by atoms with Crippen LogP contribution >= 0.6 is 68.0 Å². The van der Waals surface area contributed by atoms with Gasteiger partial charge < -0.3 is 0 Å². The largest absolute Gasteiger partial charge is 0.236 e. The normalized spacial score (nSPS) is 11.5. The fraction of sp³-hybridized carbons (Fsp3) is 0. The number of thiazole rings is 3. The van der Waals surface area contributed by atoms with Gasteiger partial charge in [0.25, 0.3) is 0 Å². The molecule has 0 amide bonds. The molecule has 18 heteroatoms. The number of hydrogen-bond donors (Lipinski definition) is 0. The topological polar surface area (TPSA) is 155 Å². The van der Waals surface area contributed by atoms with E-state index in [1.807, 2.05) is 103 Å². The highest BCUT2D eigenvalue weighted by Gasteiger charge is 2.25. The third-order valence-corrected chi connectivity index (χ3v) is 32.4. The Morgan fingerprint density at radius 1 is 0.118 bits per heavy atom. The summed E-state index contributed by atoms with van der Waals surface area (Å²) in [5.41, 5.74) is 24.2. The van der Waals surface area contributed by atoms with Crippen LogP contribution in [0.15, 0.2) is 461 Å². The van der Waals surface area contributed by atoms with E-state index in [4.69, 9.17) is 59.8 Å². The lowest BCUT2D eigenvalue weighted by molar-refractivity contribution is 1.08. The molecule has 0 radical (unpaired) electrons. The number of benzene rings is 19. The highest BCUT2D eigenvalue weighted by molar-refractivity contribution is 7.27. The van der Waals surface area contributed by atoms with Gasteiger partial charge in [-0.25, -0.2) is 59.8 Å². The van der Waals surface area contributed by atoms with Crippen molar-refractivity contribution in [3.8, 4) is 179 Å². The Morgan fingerprint density at radius 2 is 0.326 bits per heavy atom. The van der Waals surface area contributed by atoms with Crippen LogP contribution in [-0.4, -0.2) is 59.8 Å². The first kappa shape index (κ1) is 86.8. The van der Waals surface area contributed by atoms with Crippen LogP contribution in [0.5, 0.6) is 0 Å². The van der Waals surface area contributed by atoms with Crippen LogP contribution in [0.3, 0.4) is 0 Å². The molecule has 9 heterocycles. The molecule has 0 fully saturated rings. The first-order valence-electron chi connectivity index (χ1n) is 47.2. The molecule has 0 atom stereocenters. The molecule has 28 rings (SSSR count). The van der Waals surface area contributed by atoms with Gasteiger partial charge in [-0.15, -0.1) is 68.0 Å². The molecule has 144 heavy (non-hydrogen) atoms. The lowest BCUT2D eigenvalue weighted by atomic mass is 10.0. The summed E-state index contributed by atoms with van der Waals surface area (Å²) in [4.78, 5) is 60.8. The van der Waals surface area contributed by atoms with E-state index in [9.17, 15) is 0 Å². The lowest BCUT2D eigenvalue weighted by Crippen LogP contribution is -2.00. The molecule has 676 valence electrons. The van der Waals surface area contributed by atoms with Gasteiger partial charge in [0.2, 0.25) is 0 Å². The fourth-order valence-electron chi connectivity index (χ4n) is 18.7. The average Bonchev–Trinajstić information content (AvgIpc) is 1.60. The number of nitrogens with zero attached hydrogens (tertiary/aromatic N) is 12. The van der Waals surface area contributed by atoms with E-state index in [1.165, 1.54) is 69.6 Å². The summed E-state index contributed by atoms with van der Waals surface area (Å²) in [7, 11) is 0. The van der Waals surface area contributed by atoms with Crippen molar-refractivity contribution in [2.24, 2.45) is 0 Å². The minimum Gasteiger partial charge on any atom is -0.236 e. The van der Waals surface area contributed by atoms with E-state index in [-0.39, 0.29) is 0 Å². The van der Waals surface area contributed by atoms with Gasteiger partial charge in [-0.3, -0.25) is 0 Å². The molecular formula is C126H76N12S6. The number of hydrogen-bond acceptors (Lipinski definition) is 18. The van der Waals surface area contributed by atoms with Gasteiger partial charge in [0, 0.05) is 127 Å². The van der Waals surface area contributed by atoms with Crippen LogP contribution in [0.1, 0.15) is 0 Å². The zero-order valence-corrected chi connectivity index (χ0v) is 81.6. The molecule has 0 saturated carbocycles. The van der Waals surface area contributed by atoms with Crippen LogP contribution in [-0.2, 0) is 0 Å². The second-order valence-electron chi connectivity index (χ2n) is 34.9. The number of aromatic nitrogens is 12. The van der Waals surface area contributed by atoms with Gasteiger partial charge >= 0.3 is 0 Å². The molecule has 0 unspecified atom stereocenters. The van der Waals surface area contributed by atoms with E-state index in [0.717, 1.165) is 148 Å². The van der Waals surface area contributed by atoms with Gasteiger partial charge in [-0.05, 0) is 148 Å². The van der Waals surface area contributed by atoms with E-state index < -0.39 is 0 Å². The molecule has 0 aliphatic heterocycles. The van der Waals surface area contributed by atoms with Crippen molar-refractivity contribution in [2.75, 3.05) is 0 Å². The minimum absolute atomic E-state index is 0.636. The maximum atomic E-state index is 5.22. The number of rotatable bonds is 16.